The van der Waals surface area contributed by atoms with Gasteiger partial charge in [-0.15, -0.1) is 0 Å². The SMILES string of the molecule is C=C1C[C@@H](C=O)N(C(=O)CC)C1. The molecule has 1 amide bonds. The molecular formula is C9H13NO2. The Labute approximate surface area is 72.0 Å². The van der Waals surface area contributed by atoms with Crippen molar-refractivity contribution in [2.75, 3.05) is 6.54 Å². The summed E-state index contributed by atoms with van der Waals surface area (Å²) in [5.41, 5.74) is 0.967. The smallest absolute Gasteiger partial charge is 0.223 e. The zero-order valence-electron chi connectivity index (χ0n) is 7.25. The maximum absolute atomic E-state index is 11.3. The molecule has 0 aliphatic carbocycles. The van der Waals surface area contributed by atoms with Gasteiger partial charge in [-0.1, -0.05) is 19.1 Å². The van der Waals surface area contributed by atoms with Gasteiger partial charge in [-0.3, -0.25) is 4.79 Å². The van der Waals surface area contributed by atoms with E-state index in [0.717, 1.165) is 11.9 Å². The summed E-state index contributed by atoms with van der Waals surface area (Å²) in [7, 11) is 0. The Hall–Kier alpha value is -1.12. The fourth-order valence-corrected chi connectivity index (χ4v) is 1.43. The highest BCUT2D eigenvalue weighted by Crippen LogP contribution is 2.20. The second-order valence-electron chi connectivity index (χ2n) is 3.03. The summed E-state index contributed by atoms with van der Waals surface area (Å²) in [6, 6.07) is -0.259. The lowest BCUT2D eigenvalue weighted by molar-refractivity contribution is -0.134. The molecule has 66 valence electrons. The predicted octanol–water partition coefficient (Wildman–Crippen LogP) is 0.752. The van der Waals surface area contributed by atoms with Crippen LogP contribution in [-0.2, 0) is 9.59 Å². The molecule has 1 aliphatic heterocycles. The van der Waals surface area contributed by atoms with Gasteiger partial charge in [-0.2, -0.15) is 0 Å². The Morgan fingerprint density at radius 1 is 1.83 bits per heavy atom. The van der Waals surface area contributed by atoms with Crippen molar-refractivity contribution in [1.29, 1.82) is 0 Å². The van der Waals surface area contributed by atoms with Gasteiger partial charge in [-0.25, -0.2) is 0 Å². The normalized spacial score (nSPS) is 22.9. The topological polar surface area (TPSA) is 37.4 Å². The first-order chi connectivity index (χ1) is 5.69. The highest BCUT2D eigenvalue weighted by atomic mass is 16.2. The van der Waals surface area contributed by atoms with Crippen LogP contribution in [0.4, 0.5) is 0 Å². The van der Waals surface area contributed by atoms with Gasteiger partial charge >= 0.3 is 0 Å². The summed E-state index contributed by atoms with van der Waals surface area (Å²) in [5.74, 6) is 0.0331. The monoisotopic (exact) mass is 167 g/mol. The minimum Gasteiger partial charge on any atom is -0.329 e. The van der Waals surface area contributed by atoms with Gasteiger partial charge in [0.2, 0.25) is 5.91 Å². The van der Waals surface area contributed by atoms with Crippen LogP contribution in [-0.4, -0.2) is 29.7 Å². The third-order valence-electron chi connectivity index (χ3n) is 2.07. The molecule has 1 rings (SSSR count). The van der Waals surface area contributed by atoms with E-state index >= 15 is 0 Å². The largest absolute Gasteiger partial charge is 0.329 e. The second-order valence-corrected chi connectivity index (χ2v) is 3.03. The van der Waals surface area contributed by atoms with Crippen LogP contribution in [0.5, 0.6) is 0 Å². The molecule has 0 aromatic carbocycles. The number of nitrogens with zero attached hydrogens (tertiary/aromatic N) is 1. The van der Waals surface area contributed by atoms with Crippen molar-refractivity contribution >= 4 is 12.2 Å². The Morgan fingerprint density at radius 3 is 3.00 bits per heavy atom. The molecule has 1 heterocycles. The van der Waals surface area contributed by atoms with Crippen molar-refractivity contribution in [1.82, 2.24) is 4.90 Å². The van der Waals surface area contributed by atoms with E-state index in [2.05, 4.69) is 6.58 Å². The van der Waals surface area contributed by atoms with Crippen LogP contribution in [0.1, 0.15) is 19.8 Å². The number of hydrogen-bond donors (Lipinski definition) is 0. The van der Waals surface area contributed by atoms with E-state index < -0.39 is 0 Å². The van der Waals surface area contributed by atoms with E-state index in [0.29, 0.717) is 19.4 Å². The molecule has 0 unspecified atom stereocenters. The van der Waals surface area contributed by atoms with Gasteiger partial charge in [0.15, 0.2) is 0 Å². The predicted molar refractivity (Wildman–Crippen MR) is 45.6 cm³/mol. The molecule has 3 nitrogen and oxygen atoms in total. The molecule has 3 heteroatoms. The molecule has 0 N–H and O–H groups in total. The highest BCUT2D eigenvalue weighted by molar-refractivity contribution is 5.80. The van der Waals surface area contributed by atoms with E-state index in [-0.39, 0.29) is 11.9 Å². The van der Waals surface area contributed by atoms with Gasteiger partial charge in [0.1, 0.15) is 6.29 Å². The zero-order chi connectivity index (χ0) is 9.14. The second kappa shape index (κ2) is 3.52. The Bertz CT molecular complexity index is 223. The molecule has 1 atom stereocenters. The Balaban J connectivity index is 2.69. The summed E-state index contributed by atoms with van der Waals surface area (Å²) in [6.07, 6.45) is 1.92. The van der Waals surface area contributed by atoms with Crippen LogP contribution in [0.3, 0.4) is 0 Å². The fraction of sp³-hybridized carbons (Fsp3) is 0.556. The number of hydrogen-bond acceptors (Lipinski definition) is 2. The maximum atomic E-state index is 11.3. The maximum Gasteiger partial charge on any atom is 0.223 e. The summed E-state index contributed by atoms with van der Waals surface area (Å²) >= 11 is 0. The van der Waals surface area contributed by atoms with Crippen molar-refractivity contribution < 1.29 is 9.59 Å². The van der Waals surface area contributed by atoms with Gasteiger partial charge in [0.25, 0.3) is 0 Å². The summed E-state index contributed by atoms with van der Waals surface area (Å²) in [5, 5.41) is 0. The van der Waals surface area contributed by atoms with Crippen LogP contribution >= 0.6 is 0 Å². The molecule has 0 aromatic heterocycles. The minimum atomic E-state index is -0.259. The molecule has 1 aliphatic rings. The van der Waals surface area contributed by atoms with E-state index in [9.17, 15) is 9.59 Å². The van der Waals surface area contributed by atoms with Gasteiger partial charge in [0, 0.05) is 13.0 Å². The quantitative estimate of drug-likeness (QED) is 0.449. The number of carbonyl (C=O) groups is 2. The average Bonchev–Trinajstić information content (AvgIpc) is 2.45. The first kappa shape index (κ1) is 8.97. The number of carbonyl (C=O) groups excluding carboxylic acids is 2. The number of amides is 1. The standard InChI is InChI=1S/C9H13NO2/c1-3-9(12)10-5-7(2)4-8(10)6-11/h6,8H,2-5H2,1H3/t8-/m0/s1. The molecule has 12 heavy (non-hydrogen) atoms. The Morgan fingerprint density at radius 2 is 2.50 bits per heavy atom. The lowest BCUT2D eigenvalue weighted by atomic mass is 10.2. The molecule has 0 radical (unpaired) electrons. The van der Waals surface area contributed by atoms with Crippen LogP contribution in [0, 0.1) is 0 Å². The van der Waals surface area contributed by atoms with E-state index in [1.807, 2.05) is 0 Å². The average molecular weight is 167 g/mol. The minimum absolute atomic E-state index is 0.0331. The first-order valence-electron chi connectivity index (χ1n) is 4.10. The third kappa shape index (κ3) is 1.55. The molecular weight excluding hydrogens is 154 g/mol. The lowest BCUT2D eigenvalue weighted by Crippen LogP contribution is -2.35. The van der Waals surface area contributed by atoms with E-state index in [4.69, 9.17) is 0 Å². The molecule has 0 bridgehead atoms. The van der Waals surface area contributed by atoms with Crippen molar-refractivity contribution in [2.45, 2.75) is 25.8 Å². The van der Waals surface area contributed by atoms with Gasteiger partial charge in [0.05, 0.1) is 6.04 Å². The molecule has 1 saturated heterocycles. The van der Waals surface area contributed by atoms with Crippen molar-refractivity contribution in [2.24, 2.45) is 0 Å². The zero-order valence-corrected chi connectivity index (χ0v) is 7.25. The highest BCUT2D eigenvalue weighted by Gasteiger charge is 2.29. The van der Waals surface area contributed by atoms with Crippen LogP contribution in [0.15, 0.2) is 12.2 Å². The van der Waals surface area contributed by atoms with Crippen molar-refractivity contribution in [3.05, 3.63) is 12.2 Å². The first-order valence-corrected chi connectivity index (χ1v) is 4.10. The number of likely N-dealkylation sites (tertiary alicyclic amines) is 1. The van der Waals surface area contributed by atoms with Gasteiger partial charge in [-0.05, 0) is 6.42 Å². The van der Waals surface area contributed by atoms with Crippen LogP contribution < -0.4 is 0 Å². The summed E-state index contributed by atoms with van der Waals surface area (Å²) in [4.78, 5) is 23.4. The lowest BCUT2D eigenvalue weighted by Gasteiger charge is -2.18. The number of rotatable bonds is 2. The van der Waals surface area contributed by atoms with E-state index in [1.165, 1.54) is 0 Å². The molecule has 1 fully saturated rings. The van der Waals surface area contributed by atoms with Crippen LogP contribution in [0.25, 0.3) is 0 Å². The van der Waals surface area contributed by atoms with Gasteiger partial charge < -0.3 is 9.69 Å². The van der Waals surface area contributed by atoms with Crippen LogP contribution in [0.2, 0.25) is 0 Å². The Kier molecular flexibility index (Phi) is 2.63. The molecule has 0 aromatic rings. The summed E-state index contributed by atoms with van der Waals surface area (Å²) < 4.78 is 0. The molecule has 0 saturated carbocycles. The summed E-state index contributed by atoms with van der Waals surface area (Å²) in [6.45, 7) is 6.12. The molecule has 0 spiro atoms. The van der Waals surface area contributed by atoms with E-state index in [1.54, 1.807) is 11.8 Å². The number of aldehydes is 1. The van der Waals surface area contributed by atoms with Crippen molar-refractivity contribution in [3.63, 3.8) is 0 Å². The third-order valence-corrected chi connectivity index (χ3v) is 2.07. The fourth-order valence-electron chi connectivity index (χ4n) is 1.43. The van der Waals surface area contributed by atoms with Crippen molar-refractivity contribution in [3.8, 4) is 0 Å².